The van der Waals surface area contributed by atoms with Crippen LogP contribution in [0.4, 0.5) is 5.69 Å². The van der Waals surface area contributed by atoms with Crippen LogP contribution in [0.2, 0.25) is 0 Å². The molecule has 1 saturated heterocycles. The Balaban J connectivity index is 1.57. The maximum atomic E-state index is 13.4. The van der Waals surface area contributed by atoms with Gasteiger partial charge in [-0.1, -0.05) is 30.3 Å². The second-order valence-corrected chi connectivity index (χ2v) is 8.61. The smallest absolute Gasteiger partial charge is 0.264 e. The highest BCUT2D eigenvalue weighted by atomic mass is 32.1. The number of benzene rings is 2. The Hall–Kier alpha value is -2.37. The Morgan fingerprint density at radius 2 is 1.93 bits per heavy atom. The molecule has 5 heteroatoms. The van der Waals surface area contributed by atoms with E-state index in [0.29, 0.717) is 13.1 Å². The second-order valence-electron chi connectivity index (χ2n) is 7.53. The number of thiophene rings is 1. The Morgan fingerprint density at radius 1 is 1.14 bits per heavy atom. The highest BCUT2D eigenvalue weighted by molar-refractivity contribution is 7.20. The van der Waals surface area contributed by atoms with Gasteiger partial charge in [0.05, 0.1) is 11.0 Å². The van der Waals surface area contributed by atoms with Gasteiger partial charge in [0.2, 0.25) is 0 Å². The first-order chi connectivity index (χ1) is 13.6. The molecule has 1 aliphatic heterocycles. The highest BCUT2D eigenvalue weighted by Crippen LogP contribution is 2.27. The maximum absolute atomic E-state index is 13.4. The van der Waals surface area contributed by atoms with Gasteiger partial charge in [-0.2, -0.15) is 0 Å². The molecule has 0 saturated carbocycles. The fourth-order valence-corrected chi connectivity index (χ4v) is 4.65. The lowest BCUT2D eigenvalue weighted by molar-refractivity contribution is 0.0511. The van der Waals surface area contributed by atoms with E-state index >= 15 is 0 Å². The van der Waals surface area contributed by atoms with Gasteiger partial charge in [-0.3, -0.25) is 4.79 Å². The molecule has 1 unspecified atom stereocenters. The molecule has 1 atom stereocenters. The number of nitrogens with zero attached hydrogens (tertiary/aromatic N) is 2. The summed E-state index contributed by atoms with van der Waals surface area (Å²) in [5, 5.41) is 1.13. The van der Waals surface area contributed by atoms with Crippen LogP contribution in [0.1, 0.15) is 28.1 Å². The number of ether oxygens (including phenoxy) is 1. The summed E-state index contributed by atoms with van der Waals surface area (Å²) in [7, 11) is 4.06. The molecule has 1 aromatic heterocycles. The standard InChI is InChI=1S/C23H26N2O2S/c1-24(2)19-11-9-17(10-12-19)15-25(16-20-7-5-13-27-20)23(26)22-14-18-6-3-4-8-21(18)28-22/h3-4,6,8-12,14,20H,5,7,13,15-16H2,1-2H3. The number of hydrogen-bond acceptors (Lipinski definition) is 4. The van der Waals surface area contributed by atoms with Crippen LogP contribution >= 0.6 is 11.3 Å². The van der Waals surface area contributed by atoms with Crippen molar-refractivity contribution in [2.75, 3.05) is 32.1 Å². The SMILES string of the molecule is CN(C)c1ccc(CN(CC2CCCO2)C(=O)c2cc3ccccc3s2)cc1. The molecule has 3 aromatic rings. The van der Waals surface area contributed by atoms with E-state index in [4.69, 9.17) is 4.74 Å². The zero-order valence-corrected chi connectivity index (χ0v) is 17.2. The second kappa shape index (κ2) is 8.33. The molecular weight excluding hydrogens is 368 g/mol. The molecule has 4 nitrogen and oxygen atoms in total. The van der Waals surface area contributed by atoms with Gasteiger partial charge in [0.1, 0.15) is 0 Å². The van der Waals surface area contributed by atoms with E-state index in [1.54, 1.807) is 11.3 Å². The van der Waals surface area contributed by atoms with Crippen LogP contribution in [0.3, 0.4) is 0 Å². The minimum absolute atomic E-state index is 0.0911. The number of rotatable bonds is 6. The first kappa shape index (κ1) is 19.0. The predicted molar refractivity (Wildman–Crippen MR) is 116 cm³/mol. The van der Waals surface area contributed by atoms with Crippen LogP contribution in [0.25, 0.3) is 10.1 Å². The van der Waals surface area contributed by atoms with E-state index in [9.17, 15) is 4.79 Å². The van der Waals surface area contributed by atoms with E-state index in [-0.39, 0.29) is 12.0 Å². The van der Waals surface area contributed by atoms with Crippen molar-refractivity contribution in [3.8, 4) is 0 Å². The quantitative estimate of drug-likeness (QED) is 0.603. The van der Waals surface area contributed by atoms with Crippen LogP contribution in [0.5, 0.6) is 0 Å². The lowest BCUT2D eigenvalue weighted by Crippen LogP contribution is -2.36. The number of anilines is 1. The zero-order valence-electron chi connectivity index (χ0n) is 16.4. The molecule has 1 fully saturated rings. The largest absolute Gasteiger partial charge is 0.378 e. The summed E-state index contributed by atoms with van der Waals surface area (Å²) in [6, 6.07) is 18.6. The third kappa shape index (κ3) is 4.21. The Morgan fingerprint density at radius 3 is 2.61 bits per heavy atom. The molecule has 2 heterocycles. The van der Waals surface area contributed by atoms with Crippen molar-refractivity contribution in [2.45, 2.75) is 25.5 Å². The third-order valence-corrected chi connectivity index (χ3v) is 6.30. The Bertz CT molecular complexity index is 910. The molecule has 0 radical (unpaired) electrons. The van der Waals surface area contributed by atoms with Crippen LogP contribution in [0.15, 0.2) is 54.6 Å². The number of carbonyl (C=O) groups is 1. The summed E-state index contributed by atoms with van der Waals surface area (Å²) in [5.74, 6) is 0.0911. The van der Waals surface area contributed by atoms with Gasteiger partial charge in [-0.05, 0) is 48.1 Å². The van der Waals surface area contributed by atoms with Gasteiger partial charge in [0.15, 0.2) is 0 Å². The van der Waals surface area contributed by atoms with Gasteiger partial charge in [-0.15, -0.1) is 11.3 Å². The fraction of sp³-hybridized carbons (Fsp3) is 0.348. The van der Waals surface area contributed by atoms with Crippen LogP contribution in [-0.2, 0) is 11.3 Å². The summed E-state index contributed by atoms with van der Waals surface area (Å²) in [6.07, 6.45) is 2.24. The zero-order chi connectivity index (χ0) is 19.5. The average molecular weight is 395 g/mol. The molecule has 1 aliphatic rings. The Kier molecular flexibility index (Phi) is 5.64. The monoisotopic (exact) mass is 394 g/mol. The molecule has 146 valence electrons. The number of fused-ring (bicyclic) bond motifs is 1. The minimum atomic E-state index is 0.0911. The summed E-state index contributed by atoms with van der Waals surface area (Å²) < 4.78 is 6.97. The molecule has 0 bridgehead atoms. The first-order valence-corrected chi connectivity index (χ1v) is 10.6. The van der Waals surface area contributed by atoms with Crippen molar-refractivity contribution in [3.63, 3.8) is 0 Å². The third-order valence-electron chi connectivity index (χ3n) is 5.20. The average Bonchev–Trinajstić information content (AvgIpc) is 3.36. The van der Waals surface area contributed by atoms with Gasteiger partial charge in [0.25, 0.3) is 5.91 Å². The van der Waals surface area contributed by atoms with Crippen molar-refractivity contribution in [1.82, 2.24) is 4.90 Å². The van der Waals surface area contributed by atoms with Crippen LogP contribution in [-0.4, -0.2) is 44.2 Å². The summed E-state index contributed by atoms with van der Waals surface area (Å²) in [5.41, 5.74) is 2.29. The minimum Gasteiger partial charge on any atom is -0.378 e. The molecular formula is C23H26N2O2S. The van der Waals surface area contributed by atoms with Crippen LogP contribution < -0.4 is 4.90 Å². The van der Waals surface area contributed by atoms with Gasteiger partial charge in [-0.25, -0.2) is 0 Å². The fourth-order valence-electron chi connectivity index (χ4n) is 3.62. The molecule has 0 aliphatic carbocycles. The number of hydrogen-bond donors (Lipinski definition) is 0. The molecule has 28 heavy (non-hydrogen) atoms. The molecule has 4 rings (SSSR count). The number of amides is 1. The van der Waals surface area contributed by atoms with E-state index in [1.807, 2.05) is 37.2 Å². The van der Waals surface area contributed by atoms with Gasteiger partial charge in [0, 0.05) is 44.2 Å². The molecule has 1 amide bonds. The lowest BCUT2D eigenvalue weighted by Gasteiger charge is -2.25. The summed E-state index contributed by atoms with van der Waals surface area (Å²) >= 11 is 1.57. The first-order valence-electron chi connectivity index (χ1n) is 9.76. The predicted octanol–water partition coefficient (Wildman–Crippen LogP) is 4.79. The number of carbonyl (C=O) groups excluding carboxylic acids is 1. The summed E-state index contributed by atoms with van der Waals surface area (Å²) in [4.78, 5) is 18.2. The van der Waals surface area contributed by atoms with Gasteiger partial charge < -0.3 is 14.5 Å². The highest BCUT2D eigenvalue weighted by Gasteiger charge is 2.24. The van der Waals surface area contributed by atoms with Gasteiger partial charge >= 0.3 is 0 Å². The van der Waals surface area contributed by atoms with E-state index in [2.05, 4.69) is 41.3 Å². The molecule has 2 aromatic carbocycles. The summed E-state index contributed by atoms with van der Waals surface area (Å²) in [6.45, 7) is 2.04. The maximum Gasteiger partial charge on any atom is 0.264 e. The topological polar surface area (TPSA) is 32.8 Å². The van der Waals surface area contributed by atoms with Crippen molar-refractivity contribution in [2.24, 2.45) is 0 Å². The van der Waals surface area contributed by atoms with E-state index in [0.717, 1.165) is 45.7 Å². The Labute approximate surface area is 170 Å². The normalized spacial score (nSPS) is 16.4. The lowest BCUT2D eigenvalue weighted by atomic mass is 10.1. The molecule has 0 spiro atoms. The van der Waals surface area contributed by atoms with Crippen LogP contribution in [0, 0.1) is 0 Å². The van der Waals surface area contributed by atoms with Crippen molar-refractivity contribution >= 4 is 33.0 Å². The van der Waals surface area contributed by atoms with Crippen molar-refractivity contribution < 1.29 is 9.53 Å². The van der Waals surface area contributed by atoms with E-state index < -0.39 is 0 Å². The van der Waals surface area contributed by atoms with E-state index in [1.165, 1.54) is 0 Å². The van der Waals surface area contributed by atoms with Crippen molar-refractivity contribution in [1.29, 1.82) is 0 Å². The van der Waals surface area contributed by atoms with Crippen molar-refractivity contribution in [3.05, 3.63) is 65.0 Å². The molecule has 0 N–H and O–H groups in total.